The number of allylic oxidation sites excluding steroid dienone is 6. The van der Waals surface area contributed by atoms with Crippen LogP contribution in [0.15, 0.2) is 36.5 Å². The Hall–Kier alpha value is -1.93. The number of rotatable bonds is 40. The van der Waals surface area contributed by atoms with Gasteiger partial charge in [0.1, 0.15) is 43.2 Å². The number of esters is 2. The molecular formula is C48H87O13P. The van der Waals surface area contributed by atoms with E-state index in [-0.39, 0.29) is 12.8 Å². The molecule has 1 aliphatic rings. The molecule has 14 heteroatoms. The van der Waals surface area contributed by atoms with E-state index in [4.69, 9.17) is 18.5 Å². The van der Waals surface area contributed by atoms with Gasteiger partial charge in [0.15, 0.2) is 6.10 Å². The Bertz CT molecular complexity index is 1230. The monoisotopic (exact) mass is 903 g/mol. The van der Waals surface area contributed by atoms with E-state index in [1.807, 2.05) is 0 Å². The number of phosphoric ester groups is 1. The molecule has 1 saturated carbocycles. The van der Waals surface area contributed by atoms with Gasteiger partial charge in [-0.3, -0.25) is 18.6 Å². The number of unbranched alkanes of at least 4 members (excludes halogenated alkanes) is 22. The molecule has 362 valence electrons. The summed E-state index contributed by atoms with van der Waals surface area (Å²) >= 11 is 0. The zero-order chi connectivity index (χ0) is 45.7. The number of carbonyl (C=O) groups is 2. The molecule has 0 aromatic carbocycles. The highest BCUT2D eigenvalue weighted by atomic mass is 31.2. The maximum atomic E-state index is 12.8. The summed E-state index contributed by atoms with van der Waals surface area (Å²) in [7, 11) is -5.12. The van der Waals surface area contributed by atoms with Crippen molar-refractivity contribution < 1.29 is 63.1 Å². The molecule has 6 N–H and O–H groups in total. The minimum absolute atomic E-state index is 0.0787. The topological polar surface area (TPSA) is 210 Å². The van der Waals surface area contributed by atoms with Gasteiger partial charge in [-0.2, -0.15) is 0 Å². The lowest BCUT2D eigenvalue weighted by molar-refractivity contribution is -0.220. The van der Waals surface area contributed by atoms with Crippen molar-refractivity contribution in [2.45, 2.75) is 243 Å². The molecule has 0 aromatic heterocycles. The van der Waals surface area contributed by atoms with Crippen LogP contribution < -0.4 is 0 Å². The number of phosphoric acid groups is 1. The Morgan fingerprint density at radius 1 is 0.516 bits per heavy atom. The van der Waals surface area contributed by atoms with Gasteiger partial charge in [-0.25, -0.2) is 4.57 Å². The quantitative estimate of drug-likeness (QED) is 0.0147. The van der Waals surface area contributed by atoms with E-state index >= 15 is 0 Å². The van der Waals surface area contributed by atoms with E-state index in [1.54, 1.807) is 0 Å². The van der Waals surface area contributed by atoms with Gasteiger partial charge in [-0.15, -0.1) is 0 Å². The van der Waals surface area contributed by atoms with E-state index in [0.717, 1.165) is 70.6 Å². The second kappa shape index (κ2) is 38.3. The predicted molar refractivity (Wildman–Crippen MR) is 244 cm³/mol. The van der Waals surface area contributed by atoms with Gasteiger partial charge in [0.25, 0.3) is 0 Å². The van der Waals surface area contributed by atoms with Crippen LogP contribution in [0.3, 0.4) is 0 Å². The molecule has 1 rings (SSSR count). The van der Waals surface area contributed by atoms with E-state index in [0.29, 0.717) is 12.8 Å². The van der Waals surface area contributed by atoms with Gasteiger partial charge in [0.05, 0.1) is 6.61 Å². The smallest absolute Gasteiger partial charge is 0.462 e. The van der Waals surface area contributed by atoms with E-state index in [9.17, 15) is 44.6 Å². The number of hydrogen-bond donors (Lipinski definition) is 6. The van der Waals surface area contributed by atoms with Crippen molar-refractivity contribution in [2.24, 2.45) is 0 Å². The minimum atomic E-state index is -5.12. The fraction of sp³-hybridized carbons (Fsp3) is 0.833. The normalized spacial score (nSPS) is 22.1. The summed E-state index contributed by atoms with van der Waals surface area (Å²) < 4.78 is 33.6. The zero-order valence-corrected chi connectivity index (χ0v) is 39.3. The number of aliphatic hydroxyl groups excluding tert-OH is 5. The Balaban J connectivity index is 2.42. The summed E-state index contributed by atoms with van der Waals surface area (Å²) in [6, 6.07) is 0. The Morgan fingerprint density at radius 3 is 1.40 bits per heavy atom. The summed E-state index contributed by atoms with van der Waals surface area (Å²) in [6.45, 7) is 3.19. The van der Waals surface area contributed by atoms with Gasteiger partial charge in [-0.1, -0.05) is 179 Å². The molecule has 0 saturated heterocycles. The average Bonchev–Trinajstić information content (AvgIpc) is 3.25. The number of aliphatic hydroxyl groups is 5. The maximum absolute atomic E-state index is 12.8. The van der Waals surface area contributed by atoms with Crippen molar-refractivity contribution in [3.8, 4) is 0 Å². The first-order valence-corrected chi connectivity index (χ1v) is 25.8. The molecule has 8 atom stereocenters. The molecule has 0 amide bonds. The Morgan fingerprint density at radius 2 is 0.919 bits per heavy atom. The van der Waals surface area contributed by atoms with Crippen LogP contribution in [0, 0.1) is 0 Å². The Labute approximate surface area is 374 Å². The summed E-state index contributed by atoms with van der Waals surface area (Å²) in [5.74, 6) is -1.11. The van der Waals surface area contributed by atoms with Crippen LogP contribution in [0.25, 0.3) is 0 Å². The van der Waals surface area contributed by atoms with Crippen LogP contribution in [0.4, 0.5) is 0 Å². The van der Waals surface area contributed by atoms with Gasteiger partial charge in [-0.05, 0) is 44.9 Å². The third-order valence-electron chi connectivity index (χ3n) is 11.2. The third-order valence-corrected chi connectivity index (χ3v) is 12.2. The van der Waals surface area contributed by atoms with Gasteiger partial charge >= 0.3 is 19.8 Å². The van der Waals surface area contributed by atoms with Crippen molar-refractivity contribution in [3.05, 3.63) is 36.5 Å². The van der Waals surface area contributed by atoms with Crippen LogP contribution in [0.5, 0.6) is 0 Å². The first-order valence-electron chi connectivity index (χ1n) is 24.3. The Kier molecular flexibility index (Phi) is 35.9. The maximum Gasteiger partial charge on any atom is 0.472 e. The summed E-state index contributed by atoms with van der Waals surface area (Å²) in [4.78, 5) is 35.7. The molecule has 0 aliphatic heterocycles. The second-order valence-electron chi connectivity index (χ2n) is 16.9. The van der Waals surface area contributed by atoms with Crippen LogP contribution >= 0.6 is 7.82 Å². The van der Waals surface area contributed by atoms with Crippen LogP contribution in [0.1, 0.15) is 200 Å². The van der Waals surface area contributed by atoms with E-state index in [1.165, 1.54) is 89.9 Å². The number of ether oxygens (including phenoxy) is 2. The lowest BCUT2D eigenvalue weighted by Crippen LogP contribution is -2.64. The van der Waals surface area contributed by atoms with E-state index in [2.05, 4.69) is 50.3 Å². The standard InChI is InChI=1S/C48H87O13P/c1-3-5-7-9-11-13-15-17-19-20-21-23-24-26-28-30-32-34-36-41(49)58-38-40(39-59-62(56,57)61-48-46(54)44(52)43(51)45(53)47(48)55)60-42(50)37-35-33-31-29-27-25-22-18-16-14-12-10-8-6-4-2/h6,8,12,14,18,22,40,43-48,51-55H,3-5,7,9-11,13,15-17,19-21,23-39H2,1-2H3,(H,56,57)/b8-6+,14-12+,22-18+/t40-,43?,44-,45?,46?,47?,48?/m0/s1. The molecule has 0 heterocycles. The van der Waals surface area contributed by atoms with Gasteiger partial charge in [0.2, 0.25) is 0 Å². The van der Waals surface area contributed by atoms with Crippen LogP contribution in [0.2, 0.25) is 0 Å². The molecular weight excluding hydrogens is 815 g/mol. The average molecular weight is 903 g/mol. The highest BCUT2D eigenvalue weighted by molar-refractivity contribution is 7.47. The van der Waals surface area contributed by atoms with E-state index < -0.39 is 75.7 Å². The second-order valence-corrected chi connectivity index (χ2v) is 18.3. The highest BCUT2D eigenvalue weighted by Crippen LogP contribution is 2.47. The fourth-order valence-electron chi connectivity index (χ4n) is 7.36. The lowest BCUT2D eigenvalue weighted by Gasteiger charge is -2.41. The molecule has 1 fully saturated rings. The third kappa shape index (κ3) is 30.3. The van der Waals surface area contributed by atoms with Crippen molar-refractivity contribution in [3.63, 3.8) is 0 Å². The molecule has 0 radical (unpaired) electrons. The fourth-order valence-corrected chi connectivity index (χ4v) is 8.33. The lowest BCUT2D eigenvalue weighted by atomic mass is 9.85. The predicted octanol–water partition coefficient (Wildman–Crippen LogP) is 9.78. The summed E-state index contributed by atoms with van der Waals surface area (Å²) in [5.41, 5.74) is 0. The molecule has 0 bridgehead atoms. The zero-order valence-electron chi connectivity index (χ0n) is 38.4. The van der Waals surface area contributed by atoms with Gasteiger partial charge in [0, 0.05) is 12.8 Å². The largest absolute Gasteiger partial charge is 0.472 e. The molecule has 0 aromatic rings. The van der Waals surface area contributed by atoms with Crippen LogP contribution in [-0.4, -0.2) is 98.3 Å². The molecule has 13 nitrogen and oxygen atoms in total. The first-order chi connectivity index (χ1) is 29.9. The SMILES string of the molecule is CC/C=C/C/C=C/C/C=C/CCCCCCCC(=O)O[C@@H](COC(=O)CCCCCCCCCCCCCCCCCCCC)COP(=O)(O)OC1C(O)C(O)C(O)[C@H](O)C1O. The molecule has 1 aliphatic carbocycles. The number of carbonyl (C=O) groups excluding carboxylic acids is 2. The summed E-state index contributed by atoms with van der Waals surface area (Å²) in [5, 5.41) is 50.2. The summed E-state index contributed by atoms with van der Waals surface area (Å²) in [6.07, 6.45) is 30.5. The minimum Gasteiger partial charge on any atom is -0.462 e. The van der Waals surface area contributed by atoms with Crippen LogP contribution in [-0.2, 0) is 32.7 Å². The van der Waals surface area contributed by atoms with Crippen molar-refractivity contribution in [1.82, 2.24) is 0 Å². The van der Waals surface area contributed by atoms with Gasteiger partial charge < -0.3 is 39.9 Å². The molecule has 0 spiro atoms. The van der Waals surface area contributed by atoms with Crippen molar-refractivity contribution >= 4 is 19.8 Å². The van der Waals surface area contributed by atoms with Crippen molar-refractivity contribution in [2.75, 3.05) is 13.2 Å². The molecule has 62 heavy (non-hydrogen) atoms. The first kappa shape index (κ1) is 58.1. The number of hydrogen-bond acceptors (Lipinski definition) is 12. The van der Waals surface area contributed by atoms with Crippen molar-refractivity contribution in [1.29, 1.82) is 0 Å². The highest BCUT2D eigenvalue weighted by Gasteiger charge is 2.51. The molecule has 6 unspecified atom stereocenters.